The summed E-state index contributed by atoms with van der Waals surface area (Å²) < 4.78 is 16.1. The standard InChI is InChI=1S/C24H24FN5O2/c1-16(18-10-12-19(25)13-11-18)26-22(31)9-6-14-29-24(32)23-21(17(2)27-29)15-30(28-23)20-7-4-3-5-8-20/h3-5,7-8,10-13,15-16H,6,9,14H2,1-2H3,(H,26,31). The number of hydrogen-bond acceptors (Lipinski definition) is 4. The van der Waals surface area contributed by atoms with E-state index >= 15 is 0 Å². The molecule has 0 aliphatic heterocycles. The van der Waals surface area contributed by atoms with Crippen molar-refractivity contribution < 1.29 is 9.18 Å². The van der Waals surface area contributed by atoms with Crippen LogP contribution in [0.15, 0.2) is 65.6 Å². The number of nitrogens with one attached hydrogen (secondary N) is 1. The second kappa shape index (κ2) is 9.13. The van der Waals surface area contributed by atoms with Crippen LogP contribution in [0.5, 0.6) is 0 Å². The molecular weight excluding hydrogens is 409 g/mol. The maximum Gasteiger partial charge on any atom is 0.295 e. The molecule has 0 radical (unpaired) electrons. The Morgan fingerprint density at radius 3 is 2.53 bits per heavy atom. The first kappa shape index (κ1) is 21.4. The van der Waals surface area contributed by atoms with Gasteiger partial charge in [0, 0.05) is 24.5 Å². The number of halogens is 1. The number of carbonyl (C=O) groups is 1. The SMILES string of the molecule is Cc1nn(CCCC(=O)NC(C)c2ccc(F)cc2)c(=O)c2nn(-c3ccccc3)cc12. The molecule has 0 spiro atoms. The predicted molar refractivity (Wildman–Crippen MR) is 120 cm³/mol. The lowest BCUT2D eigenvalue weighted by Gasteiger charge is -2.14. The number of hydrogen-bond donors (Lipinski definition) is 1. The number of nitrogens with zero attached hydrogens (tertiary/aromatic N) is 4. The van der Waals surface area contributed by atoms with Gasteiger partial charge in [-0.25, -0.2) is 13.8 Å². The van der Waals surface area contributed by atoms with Crippen LogP contribution in [-0.2, 0) is 11.3 Å². The van der Waals surface area contributed by atoms with E-state index in [1.807, 2.05) is 50.4 Å². The average molecular weight is 433 g/mol. The Hall–Kier alpha value is -3.81. The van der Waals surface area contributed by atoms with E-state index in [1.54, 1.807) is 16.8 Å². The maximum absolute atomic E-state index is 13.1. The molecule has 2 heterocycles. The van der Waals surface area contributed by atoms with E-state index in [0.29, 0.717) is 29.6 Å². The highest BCUT2D eigenvalue weighted by molar-refractivity contribution is 5.79. The van der Waals surface area contributed by atoms with Gasteiger partial charge in [-0.05, 0) is 50.1 Å². The Morgan fingerprint density at radius 2 is 1.81 bits per heavy atom. The van der Waals surface area contributed by atoms with Gasteiger partial charge in [-0.1, -0.05) is 30.3 Å². The van der Waals surface area contributed by atoms with Crippen molar-refractivity contribution in [3.8, 4) is 5.69 Å². The van der Waals surface area contributed by atoms with Crippen LogP contribution < -0.4 is 10.9 Å². The number of benzene rings is 2. The van der Waals surface area contributed by atoms with Crippen LogP contribution in [0.2, 0.25) is 0 Å². The summed E-state index contributed by atoms with van der Waals surface area (Å²) in [5, 5.41) is 12.5. The van der Waals surface area contributed by atoms with Crippen molar-refractivity contribution >= 4 is 16.8 Å². The van der Waals surface area contributed by atoms with E-state index in [2.05, 4.69) is 15.5 Å². The van der Waals surface area contributed by atoms with Crippen LogP contribution in [0, 0.1) is 12.7 Å². The van der Waals surface area contributed by atoms with E-state index in [-0.39, 0.29) is 29.7 Å². The summed E-state index contributed by atoms with van der Waals surface area (Å²) in [6.07, 6.45) is 2.51. The third-order valence-electron chi connectivity index (χ3n) is 5.35. The summed E-state index contributed by atoms with van der Waals surface area (Å²) >= 11 is 0. The molecule has 1 N–H and O–H groups in total. The van der Waals surface area contributed by atoms with Crippen LogP contribution >= 0.6 is 0 Å². The molecule has 1 amide bonds. The van der Waals surface area contributed by atoms with Gasteiger partial charge in [0.25, 0.3) is 5.56 Å². The molecule has 0 saturated heterocycles. The number of carbonyl (C=O) groups excluding carboxylic acids is 1. The van der Waals surface area contributed by atoms with Gasteiger partial charge in [0.15, 0.2) is 5.52 Å². The predicted octanol–water partition coefficient (Wildman–Crippen LogP) is 3.69. The molecule has 164 valence electrons. The van der Waals surface area contributed by atoms with Gasteiger partial charge >= 0.3 is 0 Å². The molecule has 7 nitrogen and oxygen atoms in total. The maximum atomic E-state index is 13.1. The van der Waals surface area contributed by atoms with Gasteiger partial charge < -0.3 is 5.32 Å². The lowest BCUT2D eigenvalue weighted by Crippen LogP contribution is -2.28. The lowest BCUT2D eigenvalue weighted by atomic mass is 10.1. The minimum absolute atomic E-state index is 0.138. The number of aromatic nitrogens is 4. The van der Waals surface area contributed by atoms with E-state index in [9.17, 15) is 14.0 Å². The Bertz CT molecular complexity index is 1300. The Balaban J connectivity index is 1.42. The molecule has 1 atom stereocenters. The van der Waals surface area contributed by atoms with Gasteiger partial charge in [-0.15, -0.1) is 0 Å². The summed E-state index contributed by atoms with van der Waals surface area (Å²) in [6, 6.07) is 15.4. The first-order chi connectivity index (χ1) is 15.4. The van der Waals surface area contributed by atoms with Crippen LogP contribution in [0.3, 0.4) is 0 Å². The molecular formula is C24H24FN5O2. The van der Waals surface area contributed by atoms with Gasteiger partial charge in [-0.3, -0.25) is 9.59 Å². The van der Waals surface area contributed by atoms with Gasteiger partial charge in [-0.2, -0.15) is 10.2 Å². The number of para-hydroxylation sites is 1. The molecule has 1 unspecified atom stereocenters. The monoisotopic (exact) mass is 433 g/mol. The first-order valence-electron chi connectivity index (χ1n) is 10.5. The Morgan fingerprint density at radius 1 is 1.09 bits per heavy atom. The molecule has 32 heavy (non-hydrogen) atoms. The molecule has 0 bridgehead atoms. The van der Waals surface area contributed by atoms with Crippen LogP contribution in [0.25, 0.3) is 16.6 Å². The largest absolute Gasteiger partial charge is 0.350 e. The van der Waals surface area contributed by atoms with Crippen LogP contribution in [0.1, 0.15) is 37.1 Å². The molecule has 0 fully saturated rings. The minimum Gasteiger partial charge on any atom is -0.350 e. The van der Waals surface area contributed by atoms with Crippen molar-refractivity contribution in [2.45, 2.75) is 39.3 Å². The van der Waals surface area contributed by atoms with Crippen molar-refractivity contribution in [3.05, 3.63) is 88.2 Å². The van der Waals surface area contributed by atoms with E-state index in [0.717, 1.165) is 11.3 Å². The molecule has 0 aliphatic carbocycles. The van der Waals surface area contributed by atoms with E-state index in [1.165, 1.54) is 16.8 Å². The van der Waals surface area contributed by atoms with Gasteiger partial charge in [0.2, 0.25) is 5.91 Å². The van der Waals surface area contributed by atoms with Crippen LogP contribution in [0.4, 0.5) is 4.39 Å². The zero-order valence-corrected chi connectivity index (χ0v) is 18.0. The third kappa shape index (κ3) is 4.59. The van der Waals surface area contributed by atoms with E-state index in [4.69, 9.17) is 0 Å². The van der Waals surface area contributed by atoms with Gasteiger partial charge in [0.05, 0.1) is 17.4 Å². The smallest absolute Gasteiger partial charge is 0.295 e. The molecule has 8 heteroatoms. The normalized spacial score (nSPS) is 12.1. The highest BCUT2D eigenvalue weighted by Gasteiger charge is 2.14. The summed E-state index contributed by atoms with van der Waals surface area (Å²) in [6.45, 7) is 4.00. The van der Waals surface area contributed by atoms with E-state index < -0.39 is 0 Å². The minimum atomic E-state index is -0.314. The number of aryl methyl sites for hydroxylation is 2. The second-order valence-corrected chi connectivity index (χ2v) is 7.73. The number of fused-ring (bicyclic) bond motifs is 1. The fourth-order valence-electron chi connectivity index (χ4n) is 3.60. The third-order valence-corrected chi connectivity index (χ3v) is 5.35. The van der Waals surface area contributed by atoms with Crippen molar-refractivity contribution in [1.82, 2.24) is 24.9 Å². The fraction of sp³-hybridized carbons (Fsp3) is 0.250. The number of amides is 1. The average Bonchev–Trinajstić information content (AvgIpc) is 3.25. The van der Waals surface area contributed by atoms with Crippen molar-refractivity contribution in [2.75, 3.05) is 0 Å². The van der Waals surface area contributed by atoms with Crippen molar-refractivity contribution in [2.24, 2.45) is 0 Å². The highest BCUT2D eigenvalue weighted by Crippen LogP contribution is 2.16. The lowest BCUT2D eigenvalue weighted by molar-refractivity contribution is -0.121. The zero-order chi connectivity index (χ0) is 22.7. The zero-order valence-electron chi connectivity index (χ0n) is 18.0. The van der Waals surface area contributed by atoms with Crippen molar-refractivity contribution in [1.29, 1.82) is 0 Å². The summed E-state index contributed by atoms with van der Waals surface area (Å²) in [5.41, 5.74) is 2.47. The van der Waals surface area contributed by atoms with Gasteiger partial charge in [0.1, 0.15) is 5.82 Å². The summed E-state index contributed by atoms with van der Waals surface area (Å²) in [4.78, 5) is 25.2. The molecule has 4 aromatic rings. The fourth-order valence-corrected chi connectivity index (χ4v) is 3.60. The Kier molecular flexibility index (Phi) is 6.11. The first-order valence-corrected chi connectivity index (χ1v) is 10.5. The van der Waals surface area contributed by atoms with Crippen LogP contribution in [-0.4, -0.2) is 25.5 Å². The highest BCUT2D eigenvalue weighted by atomic mass is 19.1. The molecule has 0 saturated carbocycles. The molecule has 0 aliphatic rings. The number of rotatable bonds is 7. The summed E-state index contributed by atoms with van der Waals surface area (Å²) in [7, 11) is 0. The molecule has 4 rings (SSSR count). The van der Waals surface area contributed by atoms with Crippen molar-refractivity contribution in [3.63, 3.8) is 0 Å². The molecule has 2 aromatic heterocycles. The topological polar surface area (TPSA) is 81.8 Å². The Labute approximate surface area is 184 Å². The quantitative estimate of drug-likeness (QED) is 0.482. The second-order valence-electron chi connectivity index (χ2n) is 7.73. The summed E-state index contributed by atoms with van der Waals surface area (Å²) in [5.74, 6) is -0.452. The molecule has 2 aromatic carbocycles.